The molecule has 0 amide bonds. The summed E-state index contributed by atoms with van der Waals surface area (Å²) in [5.74, 6) is 0. The van der Waals surface area contributed by atoms with Crippen molar-refractivity contribution in [3.05, 3.63) is 53.6 Å². The van der Waals surface area contributed by atoms with Crippen LogP contribution in [0.1, 0.15) is 11.1 Å². The summed E-state index contributed by atoms with van der Waals surface area (Å²) >= 11 is 1.89. The molecule has 0 saturated heterocycles. The number of hydrogen-bond donors (Lipinski definition) is 0. The zero-order valence-corrected chi connectivity index (χ0v) is 9.55. The Labute approximate surface area is 97.8 Å². The summed E-state index contributed by atoms with van der Waals surface area (Å²) < 4.78 is 2.80. The molecule has 0 fully saturated rings. The van der Waals surface area contributed by atoms with Gasteiger partial charge in [0.15, 0.2) is 0 Å². The van der Waals surface area contributed by atoms with Gasteiger partial charge in [0.05, 0.1) is 0 Å². The molecule has 0 spiro atoms. The fourth-order valence-corrected chi connectivity index (χ4v) is 3.68. The van der Waals surface area contributed by atoms with E-state index in [0.717, 1.165) is 6.42 Å². The second-order valence-corrected chi connectivity index (χ2v) is 5.30. The van der Waals surface area contributed by atoms with Gasteiger partial charge in [-0.25, -0.2) is 0 Å². The number of hydrogen-bond acceptors (Lipinski definition) is 1. The van der Waals surface area contributed by atoms with Crippen LogP contribution in [0.5, 0.6) is 0 Å². The lowest BCUT2D eigenvalue weighted by atomic mass is 10.0. The minimum Gasteiger partial charge on any atom is -0.135 e. The van der Waals surface area contributed by atoms with Crippen LogP contribution in [0.2, 0.25) is 0 Å². The number of allylic oxidation sites excluding steroid dienone is 1. The van der Waals surface area contributed by atoms with Crippen molar-refractivity contribution in [3.8, 4) is 0 Å². The largest absolute Gasteiger partial charge is 0.135 e. The molecule has 0 nitrogen and oxygen atoms in total. The minimum absolute atomic E-state index is 1.09. The zero-order chi connectivity index (χ0) is 10.5. The highest BCUT2D eigenvalue weighted by atomic mass is 32.1. The molecule has 3 aromatic rings. The molecule has 4 rings (SSSR count). The van der Waals surface area contributed by atoms with Gasteiger partial charge in [0.25, 0.3) is 0 Å². The Hall–Kier alpha value is -1.60. The molecule has 16 heavy (non-hydrogen) atoms. The highest BCUT2D eigenvalue weighted by Crippen LogP contribution is 2.39. The van der Waals surface area contributed by atoms with E-state index in [1.54, 1.807) is 0 Å². The van der Waals surface area contributed by atoms with Gasteiger partial charge < -0.3 is 0 Å². The number of rotatable bonds is 0. The third-order valence-corrected chi connectivity index (χ3v) is 4.43. The molecule has 1 heterocycles. The van der Waals surface area contributed by atoms with Gasteiger partial charge in [0, 0.05) is 20.2 Å². The number of thiophene rings is 1. The van der Waals surface area contributed by atoms with Crippen LogP contribution in [0, 0.1) is 0 Å². The quantitative estimate of drug-likeness (QED) is 0.520. The third-order valence-electron chi connectivity index (χ3n) is 3.30. The Morgan fingerprint density at radius 2 is 1.88 bits per heavy atom. The fourth-order valence-electron chi connectivity index (χ4n) is 2.56. The second-order valence-electron chi connectivity index (χ2n) is 4.22. The maximum atomic E-state index is 2.27. The summed E-state index contributed by atoms with van der Waals surface area (Å²) in [4.78, 5) is 0. The van der Waals surface area contributed by atoms with Gasteiger partial charge in [-0.1, -0.05) is 36.4 Å². The molecular formula is C15H10S. The van der Waals surface area contributed by atoms with Gasteiger partial charge in [-0.05, 0) is 29.7 Å². The lowest BCUT2D eigenvalue weighted by molar-refractivity contribution is 1.33. The van der Waals surface area contributed by atoms with Crippen molar-refractivity contribution in [2.24, 2.45) is 0 Å². The Bertz CT molecular complexity index is 732. The van der Waals surface area contributed by atoms with Crippen molar-refractivity contribution in [1.82, 2.24) is 0 Å². The van der Waals surface area contributed by atoms with E-state index in [0.29, 0.717) is 0 Å². The van der Waals surface area contributed by atoms with E-state index in [2.05, 4.69) is 48.6 Å². The van der Waals surface area contributed by atoms with Crippen LogP contribution in [-0.2, 0) is 6.42 Å². The van der Waals surface area contributed by atoms with E-state index in [4.69, 9.17) is 0 Å². The predicted octanol–water partition coefficient (Wildman–Crippen LogP) is 4.62. The van der Waals surface area contributed by atoms with Crippen LogP contribution in [0.25, 0.3) is 26.2 Å². The first-order chi connectivity index (χ1) is 7.93. The third kappa shape index (κ3) is 0.987. The van der Waals surface area contributed by atoms with E-state index in [-0.39, 0.29) is 0 Å². The fraction of sp³-hybridized carbons (Fsp3) is 0.0667. The summed E-state index contributed by atoms with van der Waals surface area (Å²) in [6, 6.07) is 13.2. The Balaban J connectivity index is 2.32. The van der Waals surface area contributed by atoms with Crippen molar-refractivity contribution in [1.29, 1.82) is 0 Å². The van der Waals surface area contributed by atoms with Crippen molar-refractivity contribution >= 4 is 37.6 Å². The summed E-state index contributed by atoms with van der Waals surface area (Å²) in [5.41, 5.74) is 2.91. The van der Waals surface area contributed by atoms with Crippen LogP contribution in [0.3, 0.4) is 0 Å². The summed E-state index contributed by atoms with van der Waals surface area (Å²) in [6.07, 6.45) is 5.63. The second kappa shape index (κ2) is 2.96. The minimum atomic E-state index is 1.09. The lowest BCUT2D eigenvalue weighted by Crippen LogP contribution is -1.80. The van der Waals surface area contributed by atoms with Gasteiger partial charge in [0.2, 0.25) is 0 Å². The molecule has 1 aromatic heterocycles. The van der Waals surface area contributed by atoms with Crippen LogP contribution >= 0.6 is 11.3 Å². The predicted molar refractivity (Wildman–Crippen MR) is 72.1 cm³/mol. The first-order valence-corrected chi connectivity index (χ1v) is 6.35. The van der Waals surface area contributed by atoms with Crippen molar-refractivity contribution in [3.63, 3.8) is 0 Å². The molecule has 0 atom stereocenters. The molecule has 76 valence electrons. The molecule has 0 unspecified atom stereocenters. The summed E-state index contributed by atoms with van der Waals surface area (Å²) in [5, 5.41) is 2.86. The number of benzene rings is 2. The van der Waals surface area contributed by atoms with Gasteiger partial charge in [-0.15, -0.1) is 11.3 Å². The van der Waals surface area contributed by atoms with E-state index >= 15 is 0 Å². The van der Waals surface area contributed by atoms with E-state index in [1.807, 2.05) is 11.3 Å². The number of fused-ring (bicyclic) bond motifs is 5. The first kappa shape index (κ1) is 8.54. The van der Waals surface area contributed by atoms with E-state index in [9.17, 15) is 0 Å². The molecule has 0 bridgehead atoms. The van der Waals surface area contributed by atoms with Crippen LogP contribution in [-0.4, -0.2) is 0 Å². The van der Waals surface area contributed by atoms with E-state index in [1.165, 1.54) is 31.3 Å². The van der Waals surface area contributed by atoms with Crippen LogP contribution in [0.4, 0.5) is 0 Å². The van der Waals surface area contributed by atoms with Gasteiger partial charge in [-0.2, -0.15) is 0 Å². The normalized spacial score (nSPS) is 13.8. The van der Waals surface area contributed by atoms with Gasteiger partial charge in [0.1, 0.15) is 0 Å². The Morgan fingerprint density at radius 1 is 0.938 bits per heavy atom. The Morgan fingerprint density at radius 3 is 2.88 bits per heavy atom. The average Bonchev–Trinajstić information content (AvgIpc) is 2.91. The zero-order valence-electron chi connectivity index (χ0n) is 8.73. The van der Waals surface area contributed by atoms with Crippen molar-refractivity contribution in [2.45, 2.75) is 6.42 Å². The molecule has 0 aliphatic heterocycles. The maximum Gasteiger partial charge on any atom is 0.0361 e. The summed E-state index contributed by atoms with van der Waals surface area (Å²) in [7, 11) is 0. The lowest BCUT2D eigenvalue weighted by Gasteiger charge is -2.00. The average molecular weight is 222 g/mol. The monoisotopic (exact) mass is 222 g/mol. The summed E-state index contributed by atoms with van der Waals surface area (Å²) in [6.45, 7) is 0. The SMILES string of the molecule is C1=Cc2c(ccc3sc4ccccc4c23)C1. The van der Waals surface area contributed by atoms with Crippen molar-refractivity contribution in [2.75, 3.05) is 0 Å². The van der Waals surface area contributed by atoms with Gasteiger partial charge in [-0.3, -0.25) is 0 Å². The molecule has 0 N–H and O–H groups in total. The highest BCUT2D eigenvalue weighted by Gasteiger charge is 2.13. The molecule has 0 radical (unpaired) electrons. The Kier molecular flexibility index (Phi) is 1.58. The molecule has 0 saturated carbocycles. The molecule has 1 heteroatoms. The molecule has 2 aromatic carbocycles. The molecular weight excluding hydrogens is 212 g/mol. The first-order valence-electron chi connectivity index (χ1n) is 5.53. The smallest absolute Gasteiger partial charge is 0.0361 e. The van der Waals surface area contributed by atoms with Crippen LogP contribution < -0.4 is 0 Å². The van der Waals surface area contributed by atoms with Crippen LogP contribution in [0.15, 0.2) is 42.5 Å². The van der Waals surface area contributed by atoms with E-state index < -0.39 is 0 Å². The maximum absolute atomic E-state index is 2.27. The standard InChI is InChI=1S/C15H10S/c1-2-7-13-12(5-1)15-11-6-3-4-10(11)8-9-14(15)16-13/h1-3,5-9H,4H2. The molecule has 1 aliphatic rings. The molecule has 1 aliphatic carbocycles. The van der Waals surface area contributed by atoms with Crippen molar-refractivity contribution < 1.29 is 0 Å². The topological polar surface area (TPSA) is 0 Å². The van der Waals surface area contributed by atoms with Gasteiger partial charge >= 0.3 is 0 Å². The highest BCUT2D eigenvalue weighted by molar-refractivity contribution is 7.25.